The first-order valence-corrected chi connectivity index (χ1v) is 8.75. The molecule has 0 aliphatic heterocycles. The maximum Gasteiger partial charge on any atom is 0.339 e. The largest absolute Gasteiger partial charge is 0.507 e. The molecule has 0 bridgehead atoms. The number of carboxylic acids is 1. The highest BCUT2D eigenvalue weighted by Crippen LogP contribution is 2.29. The van der Waals surface area contributed by atoms with E-state index < -0.39 is 5.97 Å². The number of aromatic carboxylic acids is 1. The minimum Gasteiger partial charge on any atom is -0.507 e. The molecule has 0 fully saturated rings. The lowest BCUT2D eigenvalue weighted by Crippen LogP contribution is -2.03. The van der Waals surface area contributed by atoms with Gasteiger partial charge in [0.2, 0.25) is 0 Å². The minimum atomic E-state index is -1.16. The normalized spacial score (nSPS) is 10.7. The first-order chi connectivity index (χ1) is 12.4. The lowest BCUT2D eigenvalue weighted by molar-refractivity contribution is 0.0693. The molecule has 3 rings (SSSR count). The van der Waals surface area contributed by atoms with E-state index in [4.69, 9.17) is 23.2 Å². The molecule has 0 aromatic heterocycles. The number of hydrogen-bond donors (Lipinski definition) is 2. The lowest BCUT2D eigenvalue weighted by atomic mass is 9.95. The molecule has 0 spiro atoms. The van der Waals surface area contributed by atoms with Crippen LogP contribution < -0.4 is 0 Å². The van der Waals surface area contributed by atoms with E-state index in [-0.39, 0.29) is 11.3 Å². The van der Waals surface area contributed by atoms with Crippen LogP contribution in [0.4, 0.5) is 0 Å². The maximum atomic E-state index is 11.5. The minimum absolute atomic E-state index is 0.110. The van der Waals surface area contributed by atoms with Gasteiger partial charge in [-0.25, -0.2) is 4.79 Å². The van der Waals surface area contributed by atoms with Gasteiger partial charge in [-0.05, 0) is 59.0 Å². The van der Waals surface area contributed by atoms with Crippen molar-refractivity contribution in [1.82, 2.24) is 0 Å². The average Bonchev–Trinajstić information content (AvgIpc) is 2.57. The Hall–Kier alpha value is -2.49. The summed E-state index contributed by atoms with van der Waals surface area (Å²) in [5.74, 6) is -1.38. The van der Waals surface area contributed by atoms with E-state index in [1.807, 2.05) is 36.4 Å². The Morgan fingerprint density at radius 1 is 0.808 bits per heavy atom. The molecule has 0 saturated heterocycles. The molecular weight excluding hydrogens is 371 g/mol. The molecule has 0 atom stereocenters. The van der Waals surface area contributed by atoms with E-state index in [1.54, 1.807) is 18.2 Å². The van der Waals surface area contributed by atoms with E-state index in [0.717, 1.165) is 16.7 Å². The first-order valence-electron chi connectivity index (χ1n) is 7.99. The summed E-state index contributed by atoms with van der Waals surface area (Å²) >= 11 is 12.0. The van der Waals surface area contributed by atoms with Gasteiger partial charge in [0.05, 0.1) is 0 Å². The fraction of sp³-hybridized carbons (Fsp3) is 0.0952. The standard InChI is InChI=1S/C21H16Cl2O3/c22-17-5-1-3-13(10-17)7-15-9-16(20(24)19(12-15)21(25)26)8-14-4-2-6-18(23)11-14/h1-6,9-12,24H,7-8H2,(H,25,26). The number of carbonyl (C=O) groups is 1. The third-order valence-electron chi connectivity index (χ3n) is 4.06. The van der Waals surface area contributed by atoms with Crippen LogP contribution in [0.15, 0.2) is 60.7 Å². The highest BCUT2D eigenvalue weighted by Gasteiger charge is 2.16. The number of halogens is 2. The van der Waals surface area contributed by atoms with Crippen molar-refractivity contribution in [2.75, 3.05) is 0 Å². The zero-order chi connectivity index (χ0) is 18.7. The van der Waals surface area contributed by atoms with E-state index >= 15 is 0 Å². The number of benzene rings is 3. The summed E-state index contributed by atoms with van der Waals surface area (Å²) in [5.41, 5.74) is 3.09. The summed E-state index contributed by atoms with van der Waals surface area (Å²) < 4.78 is 0. The third-order valence-corrected chi connectivity index (χ3v) is 4.53. The van der Waals surface area contributed by atoms with Crippen LogP contribution in [-0.4, -0.2) is 16.2 Å². The maximum absolute atomic E-state index is 11.5. The number of rotatable bonds is 5. The molecule has 26 heavy (non-hydrogen) atoms. The number of hydrogen-bond acceptors (Lipinski definition) is 2. The summed E-state index contributed by atoms with van der Waals surface area (Å²) in [6, 6.07) is 18.0. The fourth-order valence-corrected chi connectivity index (χ4v) is 3.34. The first kappa shape index (κ1) is 18.3. The van der Waals surface area contributed by atoms with E-state index in [2.05, 4.69) is 0 Å². The second-order valence-corrected chi connectivity index (χ2v) is 6.94. The van der Waals surface area contributed by atoms with Gasteiger partial charge in [-0.2, -0.15) is 0 Å². The Labute approximate surface area is 161 Å². The topological polar surface area (TPSA) is 57.5 Å². The second-order valence-electron chi connectivity index (χ2n) is 6.07. The summed E-state index contributed by atoms with van der Waals surface area (Å²) in [6.07, 6.45) is 0.903. The van der Waals surface area contributed by atoms with E-state index in [0.29, 0.717) is 28.5 Å². The Kier molecular flexibility index (Phi) is 5.50. The molecule has 3 aromatic rings. The highest BCUT2D eigenvalue weighted by molar-refractivity contribution is 6.30. The summed E-state index contributed by atoms with van der Waals surface area (Å²) in [7, 11) is 0. The number of aromatic hydroxyl groups is 1. The second kappa shape index (κ2) is 7.81. The Balaban J connectivity index is 2.00. The Bertz CT molecular complexity index is 967. The van der Waals surface area contributed by atoms with Crippen molar-refractivity contribution in [2.24, 2.45) is 0 Å². The molecule has 0 amide bonds. The third kappa shape index (κ3) is 4.37. The predicted molar refractivity (Wildman–Crippen MR) is 104 cm³/mol. The smallest absolute Gasteiger partial charge is 0.339 e. The summed E-state index contributed by atoms with van der Waals surface area (Å²) in [6.45, 7) is 0. The molecule has 5 heteroatoms. The van der Waals surface area contributed by atoms with Crippen molar-refractivity contribution in [2.45, 2.75) is 12.8 Å². The summed E-state index contributed by atoms with van der Waals surface area (Å²) in [4.78, 5) is 11.5. The van der Waals surface area contributed by atoms with Gasteiger partial charge in [-0.1, -0.05) is 53.5 Å². The molecule has 0 saturated carbocycles. The summed E-state index contributed by atoms with van der Waals surface area (Å²) in [5, 5.41) is 21.0. The molecule has 0 aliphatic carbocycles. The zero-order valence-corrected chi connectivity index (χ0v) is 15.3. The SMILES string of the molecule is O=C(O)c1cc(Cc2cccc(Cl)c2)cc(Cc2cccc(Cl)c2)c1O. The highest BCUT2D eigenvalue weighted by atomic mass is 35.5. The molecule has 0 radical (unpaired) electrons. The van der Waals surface area contributed by atoms with Crippen molar-refractivity contribution >= 4 is 29.2 Å². The van der Waals surface area contributed by atoms with Gasteiger partial charge in [0.1, 0.15) is 11.3 Å². The number of carboxylic acid groups (broad SMARTS) is 1. The molecule has 0 heterocycles. The lowest BCUT2D eigenvalue weighted by Gasteiger charge is -2.12. The zero-order valence-electron chi connectivity index (χ0n) is 13.7. The fourth-order valence-electron chi connectivity index (χ4n) is 2.91. The van der Waals surface area contributed by atoms with Crippen LogP contribution in [-0.2, 0) is 12.8 Å². The van der Waals surface area contributed by atoms with Crippen molar-refractivity contribution in [3.05, 3.63) is 98.5 Å². The quantitative estimate of drug-likeness (QED) is 0.601. The van der Waals surface area contributed by atoms with Crippen LogP contribution in [0, 0.1) is 0 Å². The van der Waals surface area contributed by atoms with E-state index in [9.17, 15) is 15.0 Å². The van der Waals surface area contributed by atoms with Gasteiger partial charge in [-0.3, -0.25) is 0 Å². The molecule has 132 valence electrons. The van der Waals surface area contributed by atoms with Crippen molar-refractivity contribution in [1.29, 1.82) is 0 Å². The van der Waals surface area contributed by atoms with Gasteiger partial charge in [0, 0.05) is 16.5 Å². The van der Waals surface area contributed by atoms with Gasteiger partial charge < -0.3 is 10.2 Å². The monoisotopic (exact) mass is 386 g/mol. The molecular formula is C21H16Cl2O3. The van der Waals surface area contributed by atoms with Gasteiger partial charge in [0.15, 0.2) is 0 Å². The Morgan fingerprint density at radius 2 is 1.38 bits per heavy atom. The van der Waals surface area contributed by atoms with Crippen LogP contribution in [0.1, 0.15) is 32.6 Å². The molecule has 0 aliphatic rings. The van der Waals surface area contributed by atoms with Crippen LogP contribution >= 0.6 is 23.2 Å². The van der Waals surface area contributed by atoms with Crippen molar-refractivity contribution in [3.8, 4) is 5.75 Å². The van der Waals surface area contributed by atoms with Crippen molar-refractivity contribution < 1.29 is 15.0 Å². The molecule has 3 nitrogen and oxygen atoms in total. The molecule has 0 unspecified atom stereocenters. The van der Waals surface area contributed by atoms with Crippen LogP contribution in [0.3, 0.4) is 0 Å². The van der Waals surface area contributed by atoms with Crippen LogP contribution in [0.25, 0.3) is 0 Å². The average molecular weight is 387 g/mol. The Morgan fingerprint density at radius 3 is 1.92 bits per heavy atom. The predicted octanol–water partition coefficient (Wildman–Crippen LogP) is 5.58. The van der Waals surface area contributed by atoms with Gasteiger partial charge in [0.25, 0.3) is 0 Å². The van der Waals surface area contributed by atoms with Crippen LogP contribution in [0.5, 0.6) is 5.75 Å². The van der Waals surface area contributed by atoms with E-state index in [1.165, 1.54) is 6.07 Å². The van der Waals surface area contributed by atoms with Crippen molar-refractivity contribution in [3.63, 3.8) is 0 Å². The molecule has 3 aromatic carbocycles. The van der Waals surface area contributed by atoms with Gasteiger partial charge >= 0.3 is 5.97 Å². The van der Waals surface area contributed by atoms with Gasteiger partial charge in [-0.15, -0.1) is 0 Å². The number of phenols is 1. The molecule has 2 N–H and O–H groups in total. The van der Waals surface area contributed by atoms with Crippen LogP contribution in [0.2, 0.25) is 10.0 Å².